The van der Waals surface area contributed by atoms with Crippen molar-refractivity contribution in [1.82, 2.24) is 4.98 Å². The minimum absolute atomic E-state index is 0.0304. The number of alkyl halides is 3. The molecule has 198 valence electrons. The number of hydrogen-bond acceptors (Lipinski definition) is 6. The standard InChI is InChI=1S/C28H25F3N2O5/c1-16(2)15-37-22-11-10-18(13-17(22)3)25(34)23-24(21-9-4-5-12-32-21)33(27(36)26(23)35)19-7-6-8-20(14-19)38-28(29,30)31/h4-14,16,24,34H,15H2,1-3H3/b25-23+. The Bertz CT molecular complexity index is 1390. The van der Waals surface area contributed by atoms with Gasteiger partial charge in [0, 0.05) is 23.5 Å². The number of aliphatic hydroxyl groups excluding tert-OH is 1. The Kier molecular flexibility index (Phi) is 7.43. The molecule has 38 heavy (non-hydrogen) atoms. The van der Waals surface area contributed by atoms with Gasteiger partial charge < -0.3 is 14.6 Å². The molecule has 7 nitrogen and oxygen atoms in total. The average molecular weight is 527 g/mol. The molecule has 1 fully saturated rings. The van der Waals surface area contributed by atoms with Gasteiger partial charge in [0.2, 0.25) is 0 Å². The van der Waals surface area contributed by atoms with Crippen LogP contribution in [-0.2, 0) is 9.59 Å². The molecule has 1 aliphatic rings. The van der Waals surface area contributed by atoms with Crippen molar-refractivity contribution < 1.29 is 37.3 Å². The third kappa shape index (κ3) is 5.64. The Hall–Kier alpha value is -4.34. The van der Waals surface area contributed by atoms with Crippen LogP contribution in [0.15, 0.2) is 72.4 Å². The molecule has 0 radical (unpaired) electrons. The van der Waals surface area contributed by atoms with Crippen molar-refractivity contribution >= 4 is 23.1 Å². The molecule has 3 aromatic rings. The van der Waals surface area contributed by atoms with Crippen molar-refractivity contribution in [3.63, 3.8) is 0 Å². The molecule has 1 amide bonds. The van der Waals surface area contributed by atoms with E-state index >= 15 is 0 Å². The highest BCUT2D eigenvalue weighted by molar-refractivity contribution is 6.51. The molecule has 1 atom stereocenters. The molecule has 1 unspecified atom stereocenters. The SMILES string of the molecule is Cc1cc(/C(O)=C2\C(=O)C(=O)N(c3cccc(OC(F)(F)F)c3)C2c2ccccn2)ccc1OCC(C)C. The van der Waals surface area contributed by atoms with Gasteiger partial charge in [-0.3, -0.25) is 19.5 Å². The Morgan fingerprint density at radius 1 is 1.08 bits per heavy atom. The summed E-state index contributed by atoms with van der Waals surface area (Å²) in [5, 5.41) is 11.3. The summed E-state index contributed by atoms with van der Waals surface area (Å²) in [6.45, 7) is 6.30. The fourth-order valence-electron chi connectivity index (χ4n) is 4.12. The number of nitrogens with zero attached hydrogens (tertiary/aromatic N) is 2. The molecule has 1 saturated heterocycles. The van der Waals surface area contributed by atoms with Crippen LogP contribution in [0.4, 0.5) is 18.9 Å². The number of aromatic nitrogens is 1. The number of aliphatic hydroxyl groups is 1. The van der Waals surface area contributed by atoms with E-state index in [1.165, 1.54) is 18.3 Å². The monoisotopic (exact) mass is 526 g/mol. The molecule has 2 aromatic carbocycles. The maximum absolute atomic E-state index is 13.3. The first-order valence-electron chi connectivity index (χ1n) is 11.8. The molecule has 0 aliphatic carbocycles. The summed E-state index contributed by atoms with van der Waals surface area (Å²) in [5.74, 6) is -2.12. The number of pyridine rings is 1. The lowest BCUT2D eigenvalue weighted by molar-refractivity contribution is -0.274. The van der Waals surface area contributed by atoms with Gasteiger partial charge >= 0.3 is 6.36 Å². The lowest BCUT2D eigenvalue weighted by atomic mass is 9.97. The minimum atomic E-state index is -4.95. The van der Waals surface area contributed by atoms with Gasteiger partial charge in [-0.15, -0.1) is 13.2 Å². The molecule has 1 aliphatic heterocycles. The number of benzene rings is 2. The number of ketones is 1. The first-order chi connectivity index (χ1) is 18.0. The quantitative estimate of drug-likeness (QED) is 0.233. The normalized spacial score (nSPS) is 17.2. The van der Waals surface area contributed by atoms with Crippen LogP contribution in [0.2, 0.25) is 0 Å². The fourth-order valence-corrected chi connectivity index (χ4v) is 4.12. The summed E-state index contributed by atoms with van der Waals surface area (Å²) in [5.41, 5.74) is 0.940. The van der Waals surface area contributed by atoms with E-state index in [0.29, 0.717) is 23.8 Å². The highest BCUT2D eigenvalue weighted by Crippen LogP contribution is 2.42. The Labute approximate surface area is 217 Å². The molecule has 0 saturated carbocycles. The van der Waals surface area contributed by atoms with Crippen LogP contribution >= 0.6 is 0 Å². The van der Waals surface area contributed by atoms with Crippen LogP contribution in [0.5, 0.6) is 11.5 Å². The number of carbonyl (C=O) groups is 2. The van der Waals surface area contributed by atoms with Crippen LogP contribution in [-0.4, -0.2) is 34.8 Å². The zero-order valence-electron chi connectivity index (χ0n) is 20.8. The van der Waals surface area contributed by atoms with Gasteiger partial charge in [-0.05, 0) is 60.9 Å². The number of aryl methyl sites for hydroxylation is 1. The second-order valence-electron chi connectivity index (χ2n) is 9.15. The lowest BCUT2D eigenvalue weighted by Crippen LogP contribution is -2.30. The predicted octanol–water partition coefficient (Wildman–Crippen LogP) is 5.95. The van der Waals surface area contributed by atoms with E-state index in [2.05, 4.69) is 9.72 Å². The molecule has 0 spiro atoms. The van der Waals surface area contributed by atoms with E-state index in [-0.39, 0.29) is 22.5 Å². The minimum Gasteiger partial charge on any atom is -0.507 e. The second kappa shape index (κ2) is 10.6. The first-order valence-corrected chi connectivity index (χ1v) is 11.8. The van der Waals surface area contributed by atoms with Gasteiger partial charge in [0.15, 0.2) is 0 Å². The number of carbonyl (C=O) groups excluding carboxylic acids is 2. The van der Waals surface area contributed by atoms with Crippen molar-refractivity contribution in [2.75, 3.05) is 11.5 Å². The number of amides is 1. The smallest absolute Gasteiger partial charge is 0.507 e. The third-order valence-corrected chi connectivity index (χ3v) is 5.76. The van der Waals surface area contributed by atoms with E-state index < -0.39 is 35.6 Å². The van der Waals surface area contributed by atoms with E-state index in [9.17, 15) is 27.9 Å². The Morgan fingerprint density at radius 2 is 1.84 bits per heavy atom. The Balaban J connectivity index is 1.82. The maximum Gasteiger partial charge on any atom is 0.573 e. The topological polar surface area (TPSA) is 89.0 Å². The van der Waals surface area contributed by atoms with Gasteiger partial charge in [-0.2, -0.15) is 0 Å². The first kappa shape index (κ1) is 26.7. The molecule has 0 bridgehead atoms. The van der Waals surface area contributed by atoms with Crippen LogP contribution in [0.3, 0.4) is 0 Å². The van der Waals surface area contributed by atoms with Gasteiger partial charge in [0.1, 0.15) is 23.3 Å². The van der Waals surface area contributed by atoms with E-state index in [1.54, 1.807) is 43.3 Å². The number of Topliss-reactive ketones (excluding diaryl/α,β-unsaturated/α-hetero) is 1. The zero-order valence-corrected chi connectivity index (χ0v) is 20.8. The van der Waals surface area contributed by atoms with Gasteiger partial charge in [0.25, 0.3) is 11.7 Å². The van der Waals surface area contributed by atoms with E-state index in [1.807, 2.05) is 13.8 Å². The molecule has 2 heterocycles. The zero-order chi connectivity index (χ0) is 27.6. The summed E-state index contributed by atoms with van der Waals surface area (Å²) in [7, 11) is 0. The average Bonchev–Trinajstić information content (AvgIpc) is 3.12. The van der Waals surface area contributed by atoms with Gasteiger partial charge in [0.05, 0.1) is 17.9 Å². The number of ether oxygens (including phenoxy) is 2. The molecule has 4 rings (SSSR count). The van der Waals surface area contributed by atoms with Crippen LogP contribution in [0, 0.1) is 12.8 Å². The summed E-state index contributed by atoms with van der Waals surface area (Å²) in [4.78, 5) is 31.8. The van der Waals surface area contributed by atoms with Crippen LogP contribution < -0.4 is 14.4 Å². The fraction of sp³-hybridized carbons (Fsp3) is 0.250. The largest absolute Gasteiger partial charge is 0.573 e. The Morgan fingerprint density at radius 3 is 2.47 bits per heavy atom. The third-order valence-electron chi connectivity index (χ3n) is 5.76. The van der Waals surface area contributed by atoms with Crippen LogP contribution in [0.25, 0.3) is 5.76 Å². The summed E-state index contributed by atoms with van der Waals surface area (Å²) >= 11 is 0. The summed E-state index contributed by atoms with van der Waals surface area (Å²) in [6, 6.07) is 13.2. The van der Waals surface area contributed by atoms with Crippen molar-refractivity contribution in [3.05, 3.63) is 89.3 Å². The molecular weight excluding hydrogens is 501 g/mol. The van der Waals surface area contributed by atoms with E-state index in [4.69, 9.17) is 4.74 Å². The lowest BCUT2D eigenvalue weighted by Gasteiger charge is -2.25. The van der Waals surface area contributed by atoms with E-state index in [0.717, 1.165) is 17.0 Å². The van der Waals surface area contributed by atoms with Gasteiger partial charge in [-0.1, -0.05) is 26.0 Å². The van der Waals surface area contributed by atoms with Crippen LogP contribution in [0.1, 0.15) is 36.7 Å². The number of rotatable bonds is 7. The van der Waals surface area contributed by atoms with Crippen molar-refractivity contribution in [2.45, 2.75) is 33.2 Å². The molecule has 1 N–H and O–H groups in total. The van der Waals surface area contributed by atoms with Crippen molar-refractivity contribution in [2.24, 2.45) is 5.92 Å². The maximum atomic E-state index is 13.3. The highest BCUT2D eigenvalue weighted by atomic mass is 19.4. The summed E-state index contributed by atoms with van der Waals surface area (Å²) < 4.78 is 48.2. The molecule has 1 aromatic heterocycles. The molecular formula is C28H25F3N2O5. The van der Waals surface area contributed by atoms with Crippen molar-refractivity contribution in [1.29, 1.82) is 0 Å². The highest BCUT2D eigenvalue weighted by Gasteiger charge is 2.48. The molecule has 10 heteroatoms. The number of anilines is 1. The van der Waals surface area contributed by atoms with Crippen molar-refractivity contribution in [3.8, 4) is 11.5 Å². The summed E-state index contributed by atoms with van der Waals surface area (Å²) in [6.07, 6.45) is -3.50. The predicted molar refractivity (Wildman–Crippen MR) is 134 cm³/mol. The number of hydrogen-bond donors (Lipinski definition) is 1. The van der Waals surface area contributed by atoms with Gasteiger partial charge in [-0.25, -0.2) is 0 Å². The second-order valence-corrected chi connectivity index (χ2v) is 9.15. The number of halogens is 3.